The number of benzene rings is 1. The summed E-state index contributed by atoms with van der Waals surface area (Å²) in [5, 5.41) is 0.200. The number of esters is 1. The Balaban J connectivity index is 0.00000676. The highest BCUT2D eigenvalue weighted by Crippen LogP contribution is 2.38. The van der Waals surface area contributed by atoms with Crippen LogP contribution in [0.5, 0.6) is 17.2 Å². The van der Waals surface area contributed by atoms with Crippen LogP contribution in [0.2, 0.25) is 0 Å². The minimum absolute atomic E-state index is 0. The predicted octanol–water partition coefficient (Wildman–Crippen LogP) is -0.814. The monoisotopic (exact) mass is 423 g/mol. The Bertz CT molecular complexity index is 544. The lowest BCUT2D eigenvalue weighted by Gasteiger charge is -2.18. The van der Waals surface area contributed by atoms with Crippen LogP contribution in [0.1, 0.15) is 37.0 Å². The number of likely N-dealkylation sites (N-methyl/N-ethyl adjacent to an activating group) is 1. The Hall–Kier alpha value is -1.37. The molecule has 0 aliphatic heterocycles. The van der Waals surface area contributed by atoms with Crippen molar-refractivity contribution in [1.29, 1.82) is 0 Å². The molecule has 0 fully saturated rings. The van der Waals surface area contributed by atoms with Crippen LogP contribution >= 0.6 is 11.6 Å². The highest BCUT2D eigenvalue weighted by Gasteiger charge is 2.18. The lowest BCUT2D eigenvalue weighted by Crippen LogP contribution is -3.12. The molecule has 1 rings (SSSR count). The van der Waals surface area contributed by atoms with Gasteiger partial charge in [0.2, 0.25) is 5.75 Å². The summed E-state index contributed by atoms with van der Waals surface area (Å²) >= 11 is 5.98. The third-order valence-electron chi connectivity index (χ3n) is 4.22. The zero-order valence-corrected chi connectivity index (χ0v) is 18.3. The topological polar surface area (TPSA) is 58.4 Å². The van der Waals surface area contributed by atoms with Gasteiger partial charge in [-0.3, -0.25) is 0 Å². The minimum Gasteiger partial charge on any atom is -1.00 e. The van der Waals surface area contributed by atoms with Crippen molar-refractivity contribution in [3.8, 4) is 17.2 Å². The van der Waals surface area contributed by atoms with Crippen molar-refractivity contribution in [2.75, 3.05) is 47.6 Å². The first-order chi connectivity index (χ1) is 12.5. The van der Waals surface area contributed by atoms with Gasteiger partial charge in [0.1, 0.15) is 13.2 Å². The highest BCUT2D eigenvalue weighted by molar-refractivity contribution is 6.20. The fourth-order valence-electron chi connectivity index (χ4n) is 2.68. The number of ether oxygens (including phenoxy) is 4. The summed E-state index contributed by atoms with van der Waals surface area (Å²) in [4.78, 5) is 13.7. The normalized spacial score (nSPS) is 12.5. The molecule has 8 heteroatoms. The molecule has 27 heavy (non-hydrogen) atoms. The summed E-state index contributed by atoms with van der Waals surface area (Å²) in [6.07, 6.45) is 2.06. The molecule has 1 N–H and O–H groups in total. The highest BCUT2D eigenvalue weighted by atomic mass is 35.5. The van der Waals surface area contributed by atoms with E-state index in [9.17, 15) is 4.79 Å². The zero-order valence-electron chi connectivity index (χ0n) is 16.8. The molecule has 0 bridgehead atoms. The van der Waals surface area contributed by atoms with Gasteiger partial charge in [0, 0.05) is 5.38 Å². The van der Waals surface area contributed by atoms with Crippen molar-refractivity contribution in [2.24, 2.45) is 0 Å². The quantitative estimate of drug-likeness (QED) is 0.351. The van der Waals surface area contributed by atoms with Crippen LogP contribution in [0.15, 0.2) is 12.1 Å². The molecule has 0 aromatic heterocycles. The lowest BCUT2D eigenvalue weighted by molar-refractivity contribution is -0.898. The summed E-state index contributed by atoms with van der Waals surface area (Å²) in [6, 6.07) is 3.19. The van der Waals surface area contributed by atoms with Crippen LogP contribution in [-0.4, -0.2) is 58.9 Å². The third kappa shape index (κ3) is 8.45. The molecule has 0 spiro atoms. The van der Waals surface area contributed by atoms with E-state index in [1.54, 1.807) is 12.1 Å². The van der Waals surface area contributed by atoms with Gasteiger partial charge >= 0.3 is 5.97 Å². The van der Waals surface area contributed by atoms with Gasteiger partial charge in [-0.2, -0.15) is 0 Å². The van der Waals surface area contributed by atoms with E-state index in [-0.39, 0.29) is 17.8 Å². The van der Waals surface area contributed by atoms with Gasteiger partial charge < -0.3 is 36.3 Å². The summed E-state index contributed by atoms with van der Waals surface area (Å²) in [5.41, 5.74) is 0.369. The number of quaternary nitrogens is 1. The van der Waals surface area contributed by atoms with Gasteiger partial charge in [0.15, 0.2) is 11.5 Å². The van der Waals surface area contributed by atoms with E-state index in [2.05, 4.69) is 6.92 Å². The molecule has 2 unspecified atom stereocenters. The van der Waals surface area contributed by atoms with E-state index in [0.717, 1.165) is 32.5 Å². The van der Waals surface area contributed by atoms with Gasteiger partial charge in [-0.15, -0.1) is 11.6 Å². The zero-order chi connectivity index (χ0) is 19.5. The predicted molar refractivity (Wildman–Crippen MR) is 102 cm³/mol. The Labute approximate surface area is 173 Å². The molecular formula is C19H31Cl2NO5. The molecule has 0 amide bonds. The summed E-state index contributed by atoms with van der Waals surface area (Å²) in [6.45, 7) is 7.26. The van der Waals surface area contributed by atoms with Crippen LogP contribution in [0.3, 0.4) is 0 Å². The van der Waals surface area contributed by atoms with Gasteiger partial charge in [-0.25, -0.2) is 4.79 Å². The molecule has 1 aromatic rings. The standard InChI is InChI=1S/C19H30ClNO5.ClH/c1-6-21(9-7-8-14(2)20)10-11-26-19(22)15-12-16(23-3)18(25-5)17(13-15)24-4;/h12-14H,6-11H2,1-5H3;1H. The Morgan fingerprint density at radius 2 is 1.70 bits per heavy atom. The maximum absolute atomic E-state index is 12.4. The van der Waals surface area contributed by atoms with Crippen molar-refractivity contribution in [3.05, 3.63) is 17.7 Å². The van der Waals surface area contributed by atoms with E-state index >= 15 is 0 Å². The summed E-state index contributed by atoms with van der Waals surface area (Å²) in [7, 11) is 4.54. The Kier molecular flexibility index (Phi) is 13.0. The van der Waals surface area contributed by atoms with Gasteiger partial charge in [-0.05, 0) is 38.8 Å². The largest absolute Gasteiger partial charge is 1.00 e. The molecule has 2 atom stereocenters. The van der Waals surface area contributed by atoms with Crippen LogP contribution in [0.4, 0.5) is 0 Å². The second-order valence-electron chi connectivity index (χ2n) is 6.08. The first-order valence-corrected chi connectivity index (χ1v) is 9.35. The van der Waals surface area contributed by atoms with Gasteiger partial charge in [0.25, 0.3) is 0 Å². The Morgan fingerprint density at radius 1 is 1.11 bits per heavy atom. The van der Waals surface area contributed by atoms with E-state index < -0.39 is 5.97 Å². The second-order valence-corrected chi connectivity index (χ2v) is 6.82. The fraction of sp³-hybridized carbons (Fsp3) is 0.632. The molecule has 0 saturated carbocycles. The number of alkyl halides is 1. The molecule has 0 saturated heterocycles. The Morgan fingerprint density at radius 3 is 2.15 bits per heavy atom. The van der Waals surface area contributed by atoms with Crippen molar-refractivity contribution in [3.63, 3.8) is 0 Å². The number of carbonyl (C=O) groups excluding carboxylic acids is 1. The van der Waals surface area contributed by atoms with E-state index in [4.69, 9.17) is 30.5 Å². The first kappa shape index (κ1) is 25.6. The lowest BCUT2D eigenvalue weighted by atomic mass is 10.2. The molecule has 0 aliphatic carbocycles. The van der Waals surface area contributed by atoms with Crippen LogP contribution in [0.25, 0.3) is 0 Å². The first-order valence-electron chi connectivity index (χ1n) is 8.91. The molecule has 0 aliphatic rings. The van der Waals surface area contributed by atoms with Crippen molar-refractivity contribution < 1.29 is 41.0 Å². The fourth-order valence-corrected chi connectivity index (χ4v) is 2.84. The molecule has 156 valence electrons. The minimum atomic E-state index is -0.408. The average molecular weight is 424 g/mol. The van der Waals surface area contributed by atoms with Crippen molar-refractivity contribution in [1.82, 2.24) is 0 Å². The number of hydrogen-bond donors (Lipinski definition) is 1. The maximum atomic E-state index is 12.4. The summed E-state index contributed by atoms with van der Waals surface area (Å²) < 4.78 is 21.2. The van der Waals surface area contributed by atoms with Crippen LogP contribution in [-0.2, 0) is 4.74 Å². The van der Waals surface area contributed by atoms with E-state index in [1.165, 1.54) is 26.2 Å². The number of carbonyl (C=O) groups is 1. The number of hydrogen-bond acceptors (Lipinski definition) is 5. The molecule has 6 nitrogen and oxygen atoms in total. The second kappa shape index (κ2) is 13.7. The number of halogens is 2. The van der Waals surface area contributed by atoms with Crippen molar-refractivity contribution >= 4 is 17.6 Å². The summed E-state index contributed by atoms with van der Waals surface area (Å²) in [5.74, 6) is 0.889. The van der Waals surface area contributed by atoms with Gasteiger partial charge in [0.05, 0.1) is 40.0 Å². The van der Waals surface area contributed by atoms with E-state index in [1.807, 2.05) is 6.92 Å². The molecule has 0 heterocycles. The van der Waals surface area contributed by atoms with Gasteiger partial charge in [-0.1, -0.05) is 0 Å². The van der Waals surface area contributed by atoms with Crippen LogP contribution in [0, 0.1) is 0 Å². The van der Waals surface area contributed by atoms with Crippen LogP contribution < -0.4 is 31.5 Å². The average Bonchev–Trinajstić information content (AvgIpc) is 2.64. The molecule has 0 radical (unpaired) electrons. The molecule has 1 aromatic carbocycles. The SMILES string of the molecule is CC[NH+](CCCC(C)Cl)CCOC(=O)c1cc(OC)c(OC)c(OC)c1.[Cl-]. The smallest absolute Gasteiger partial charge is 0.338 e. The maximum Gasteiger partial charge on any atom is 0.338 e. The number of nitrogens with one attached hydrogen (secondary N) is 1. The van der Waals surface area contributed by atoms with Crippen molar-refractivity contribution in [2.45, 2.75) is 32.1 Å². The molecular weight excluding hydrogens is 393 g/mol. The third-order valence-corrected chi connectivity index (χ3v) is 4.44. The number of rotatable bonds is 12. The van der Waals surface area contributed by atoms with E-state index in [0.29, 0.717) is 29.4 Å². The number of methoxy groups -OCH3 is 3.